The molecule has 0 saturated carbocycles. The lowest BCUT2D eigenvalue weighted by atomic mass is 9.99. The molecule has 0 aliphatic carbocycles. The SMILES string of the molecule is CC(C)N1C(=O)/C(=C/C(=O)O)O[C@H](c2ccccc2Cl)c2cc(Cl)ccc21. The molecule has 1 heterocycles. The first-order chi connectivity index (χ1) is 12.8. The van der Waals surface area contributed by atoms with Crippen LogP contribution in [0.15, 0.2) is 54.3 Å². The fourth-order valence-corrected chi connectivity index (χ4v) is 3.48. The first-order valence-electron chi connectivity index (χ1n) is 8.28. The minimum absolute atomic E-state index is 0.233. The third-order valence-corrected chi connectivity index (χ3v) is 4.74. The van der Waals surface area contributed by atoms with Crippen molar-refractivity contribution < 1.29 is 19.4 Å². The Morgan fingerprint density at radius 2 is 1.89 bits per heavy atom. The average Bonchev–Trinajstić information content (AvgIpc) is 2.70. The number of anilines is 1. The molecule has 0 saturated heterocycles. The maximum absolute atomic E-state index is 13.0. The van der Waals surface area contributed by atoms with Crippen LogP contribution in [-0.2, 0) is 14.3 Å². The molecule has 0 spiro atoms. The minimum atomic E-state index is -1.27. The maximum Gasteiger partial charge on any atom is 0.332 e. The number of carboxylic acids is 1. The normalized spacial score (nSPS) is 18.3. The van der Waals surface area contributed by atoms with Crippen molar-refractivity contribution in [3.8, 4) is 0 Å². The van der Waals surface area contributed by atoms with E-state index < -0.39 is 18.0 Å². The Bertz CT molecular complexity index is 939. The molecule has 3 rings (SSSR count). The maximum atomic E-state index is 13.0. The van der Waals surface area contributed by atoms with Crippen LogP contribution in [0.25, 0.3) is 0 Å². The molecule has 0 bridgehead atoms. The second-order valence-corrected chi connectivity index (χ2v) is 7.18. The lowest BCUT2D eigenvalue weighted by molar-refractivity contribution is -0.132. The fraction of sp³-hybridized carbons (Fsp3) is 0.200. The van der Waals surface area contributed by atoms with Gasteiger partial charge in [-0.15, -0.1) is 0 Å². The van der Waals surface area contributed by atoms with Crippen LogP contribution in [-0.4, -0.2) is 23.0 Å². The van der Waals surface area contributed by atoms with Crippen LogP contribution in [0.3, 0.4) is 0 Å². The molecule has 1 atom stereocenters. The molecule has 5 nitrogen and oxygen atoms in total. The number of rotatable bonds is 3. The number of hydrogen-bond acceptors (Lipinski definition) is 3. The van der Waals surface area contributed by atoms with E-state index in [1.54, 1.807) is 42.5 Å². The molecule has 7 heteroatoms. The fourth-order valence-electron chi connectivity index (χ4n) is 3.06. The highest BCUT2D eigenvalue weighted by molar-refractivity contribution is 6.31. The molecular formula is C20H17Cl2NO4. The van der Waals surface area contributed by atoms with Crippen molar-refractivity contribution in [2.45, 2.75) is 26.0 Å². The Labute approximate surface area is 166 Å². The smallest absolute Gasteiger partial charge is 0.332 e. The lowest BCUT2D eigenvalue weighted by Gasteiger charge is -2.26. The second kappa shape index (κ2) is 7.62. The molecule has 1 aliphatic rings. The van der Waals surface area contributed by atoms with Crippen LogP contribution in [0.2, 0.25) is 10.0 Å². The van der Waals surface area contributed by atoms with Crippen molar-refractivity contribution in [3.05, 3.63) is 75.5 Å². The number of amides is 1. The van der Waals surface area contributed by atoms with Gasteiger partial charge in [-0.2, -0.15) is 0 Å². The standard InChI is InChI=1S/C20H17Cl2NO4/c1-11(2)23-16-8-7-12(21)9-14(16)19(13-5-3-4-6-15(13)22)27-17(20(23)26)10-18(24)25/h3-11,19H,1-2H3,(H,24,25)/b17-10-/t19-/m1/s1. The second-order valence-electron chi connectivity index (χ2n) is 6.34. The van der Waals surface area contributed by atoms with E-state index in [1.807, 2.05) is 13.8 Å². The Hall–Kier alpha value is -2.50. The first-order valence-corrected chi connectivity index (χ1v) is 9.04. The van der Waals surface area contributed by atoms with Crippen molar-refractivity contribution in [2.24, 2.45) is 0 Å². The first kappa shape index (κ1) is 19.3. The van der Waals surface area contributed by atoms with Crippen molar-refractivity contribution in [2.75, 3.05) is 4.90 Å². The highest BCUT2D eigenvalue weighted by Gasteiger charge is 2.36. The number of nitrogens with zero attached hydrogens (tertiary/aromatic N) is 1. The quantitative estimate of drug-likeness (QED) is 0.742. The monoisotopic (exact) mass is 405 g/mol. The molecule has 0 aromatic heterocycles. The minimum Gasteiger partial charge on any atom is -0.478 e. The Morgan fingerprint density at radius 1 is 1.19 bits per heavy atom. The van der Waals surface area contributed by atoms with Gasteiger partial charge in [-0.1, -0.05) is 41.4 Å². The molecule has 0 radical (unpaired) electrons. The summed E-state index contributed by atoms with van der Waals surface area (Å²) in [4.78, 5) is 25.8. The number of fused-ring (bicyclic) bond motifs is 1. The number of aliphatic carboxylic acids is 1. The van der Waals surface area contributed by atoms with E-state index in [2.05, 4.69) is 0 Å². The summed E-state index contributed by atoms with van der Waals surface area (Å²) >= 11 is 12.6. The number of ether oxygens (including phenoxy) is 1. The zero-order chi connectivity index (χ0) is 19.7. The van der Waals surface area contributed by atoms with Crippen molar-refractivity contribution in [3.63, 3.8) is 0 Å². The number of benzene rings is 2. The van der Waals surface area contributed by atoms with Gasteiger partial charge in [0.1, 0.15) is 0 Å². The van der Waals surface area contributed by atoms with Crippen LogP contribution < -0.4 is 4.90 Å². The highest BCUT2D eigenvalue weighted by Crippen LogP contribution is 2.42. The van der Waals surface area contributed by atoms with Crippen molar-refractivity contribution in [1.29, 1.82) is 0 Å². The Kier molecular flexibility index (Phi) is 5.44. The van der Waals surface area contributed by atoms with Crippen molar-refractivity contribution >= 4 is 40.8 Å². The summed E-state index contributed by atoms with van der Waals surface area (Å²) in [6, 6.07) is 11.9. The summed E-state index contributed by atoms with van der Waals surface area (Å²) in [6.07, 6.45) is -0.0135. The highest BCUT2D eigenvalue weighted by atomic mass is 35.5. The topological polar surface area (TPSA) is 66.8 Å². The van der Waals surface area contributed by atoms with Gasteiger partial charge in [0.25, 0.3) is 5.91 Å². The van der Waals surface area contributed by atoms with Gasteiger partial charge in [-0.05, 0) is 38.1 Å². The molecule has 1 amide bonds. The molecule has 0 unspecified atom stereocenters. The van der Waals surface area contributed by atoms with Gasteiger partial charge in [0.2, 0.25) is 0 Å². The zero-order valence-corrected chi connectivity index (χ0v) is 16.2. The summed E-state index contributed by atoms with van der Waals surface area (Å²) in [6.45, 7) is 3.68. The Balaban J connectivity index is 2.30. The number of carboxylic acid groups (broad SMARTS) is 1. The molecule has 0 fully saturated rings. The third-order valence-electron chi connectivity index (χ3n) is 4.16. The molecule has 2 aromatic carbocycles. The number of halogens is 2. The largest absolute Gasteiger partial charge is 0.478 e. The summed E-state index contributed by atoms with van der Waals surface area (Å²) < 4.78 is 5.91. The molecule has 2 aromatic rings. The van der Waals surface area contributed by atoms with Gasteiger partial charge in [-0.25, -0.2) is 4.79 Å². The molecule has 27 heavy (non-hydrogen) atoms. The molecule has 1 N–H and O–H groups in total. The van der Waals surface area contributed by atoms with E-state index in [9.17, 15) is 14.7 Å². The van der Waals surface area contributed by atoms with Gasteiger partial charge in [0, 0.05) is 27.2 Å². The molecule has 140 valence electrons. The lowest BCUT2D eigenvalue weighted by Crippen LogP contribution is -2.37. The third kappa shape index (κ3) is 3.80. The number of carbonyl (C=O) groups is 2. The van der Waals surface area contributed by atoms with Gasteiger partial charge < -0.3 is 14.7 Å². The summed E-state index contributed by atoms with van der Waals surface area (Å²) in [5.74, 6) is -2.08. The summed E-state index contributed by atoms with van der Waals surface area (Å²) in [5, 5.41) is 10.1. The van der Waals surface area contributed by atoms with Crippen LogP contribution in [0.5, 0.6) is 0 Å². The van der Waals surface area contributed by atoms with E-state index in [-0.39, 0.29) is 11.8 Å². The predicted octanol–water partition coefficient (Wildman–Crippen LogP) is 4.82. The summed E-state index contributed by atoms with van der Waals surface area (Å²) in [7, 11) is 0. The van der Waals surface area contributed by atoms with Gasteiger partial charge >= 0.3 is 5.97 Å². The Morgan fingerprint density at radius 3 is 2.52 bits per heavy atom. The molecule has 1 aliphatic heterocycles. The van der Waals surface area contributed by atoms with Crippen LogP contribution in [0, 0.1) is 0 Å². The predicted molar refractivity (Wildman–Crippen MR) is 104 cm³/mol. The van der Waals surface area contributed by atoms with Crippen LogP contribution in [0.1, 0.15) is 31.1 Å². The van der Waals surface area contributed by atoms with E-state index in [0.29, 0.717) is 26.9 Å². The summed E-state index contributed by atoms with van der Waals surface area (Å²) in [5.41, 5.74) is 1.84. The molecular weight excluding hydrogens is 389 g/mol. The van der Waals surface area contributed by atoms with Gasteiger partial charge in [0.05, 0.1) is 11.8 Å². The van der Waals surface area contributed by atoms with E-state index in [4.69, 9.17) is 27.9 Å². The van der Waals surface area contributed by atoms with E-state index in [1.165, 1.54) is 4.90 Å². The van der Waals surface area contributed by atoms with E-state index >= 15 is 0 Å². The number of hydrogen-bond donors (Lipinski definition) is 1. The zero-order valence-electron chi connectivity index (χ0n) is 14.6. The van der Waals surface area contributed by atoms with Gasteiger partial charge in [0.15, 0.2) is 11.9 Å². The van der Waals surface area contributed by atoms with Crippen LogP contribution >= 0.6 is 23.2 Å². The van der Waals surface area contributed by atoms with Crippen molar-refractivity contribution in [1.82, 2.24) is 0 Å². The number of carbonyl (C=O) groups excluding carboxylic acids is 1. The van der Waals surface area contributed by atoms with Gasteiger partial charge in [-0.3, -0.25) is 4.79 Å². The van der Waals surface area contributed by atoms with Crippen LogP contribution in [0.4, 0.5) is 5.69 Å². The van der Waals surface area contributed by atoms with E-state index in [0.717, 1.165) is 6.08 Å². The average molecular weight is 406 g/mol.